The highest BCUT2D eigenvalue weighted by Gasteiger charge is 2.20. The summed E-state index contributed by atoms with van der Waals surface area (Å²) in [5, 5.41) is 6.78. The van der Waals surface area contributed by atoms with E-state index < -0.39 is 0 Å². The highest BCUT2D eigenvalue weighted by molar-refractivity contribution is 5.92. The molecule has 1 aliphatic carbocycles. The summed E-state index contributed by atoms with van der Waals surface area (Å²) in [5.74, 6) is 0.916. The fourth-order valence-corrected chi connectivity index (χ4v) is 2.00. The Bertz CT molecular complexity index is 365. The number of nitrogens with one attached hydrogen (secondary N) is 1. The number of hydrogen-bond donors (Lipinski definition) is 1. The van der Waals surface area contributed by atoms with E-state index in [1.807, 2.05) is 13.8 Å². The van der Waals surface area contributed by atoms with Crippen molar-refractivity contribution in [1.29, 1.82) is 0 Å². The Balaban J connectivity index is 1.97. The molecule has 0 aliphatic heterocycles. The quantitative estimate of drug-likeness (QED) is 0.854. The number of rotatable bonds is 3. The number of aromatic nitrogens is 1. The van der Waals surface area contributed by atoms with Crippen LogP contribution in [0.25, 0.3) is 0 Å². The number of carbonyl (C=O) groups excluding carboxylic acids is 1. The van der Waals surface area contributed by atoms with E-state index in [4.69, 9.17) is 4.52 Å². The third kappa shape index (κ3) is 2.43. The molecule has 0 atom stereocenters. The van der Waals surface area contributed by atoms with Crippen LogP contribution in [0.3, 0.4) is 0 Å². The Labute approximate surface area is 95.4 Å². The normalized spacial score (nSPS) is 16.9. The van der Waals surface area contributed by atoms with Gasteiger partial charge in [0.15, 0.2) is 5.69 Å². The lowest BCUT2D eigenvalue weighted by Gasteiger charge is -2.09. The maximum Gasteiger partial charge on any atom is 0.273 e. The Morgan fingerprint density at radius 2 is 2.19 bits per heavy atom. The molecule has 4 nitrogen and oxygen atoms in total. The van der Waals surface area contributed by atoms with Crippen molar-refractivity contribution in [2.24, 2.45) is 0 Å². The Morgan fingerprint density at radius 1 is 1.50 bits per heavy atom. The zero-order valence-corrected chi connectivity index (χ0v) is 9.82. The smallest absolute Gasteiger partial charge is 0.273 e. The summed E-state index contributed by atoms with van der Waals surface area (Å²) in [4.78, 5) is 11.8. The topological polar surface area (TPSA) is 55.1 Å². The van der Waals surface area contributed by atoms with Crippen LogP contribution in [0.15, 0.2) is 10.6 Å². The summed E-state index contributed by atoms with van der Waals surface area (Å²) in [6.45, 7) is 4.03. The van der Waals surface area contributed by atoms with Gasteiger partial charge < -0.3 is 9.84 Å². The van der Waals surface area contributed by atoms with Crippen molar-refractivity contribution in [2.75, 3.05) is 0 Å². The molecule has 1 aromatic rings. The van der Waals surface area contributed by atoms with Gasteiger partial charge in [0.2, 0.25) is 0 Å². The van der Waals surface area contributed by atoms with Crippen LogP contribution in [0.2, 0.25) is 0 Å². The van der Waals surface area contributed by atoms with Crippen LogP contribution in [-0.2, 0) is 0 Å². The molecule has 0 saturated heterocycles. The van der Waals surface area contributed by atoms with Crippen molar-refractivity contribution >= 4 is 5.91 Å². The Kier molecular flexibility index (Phi) is 3.27. The van der Waals surface area contributed by atoms with Gasteiger partial charge in [-0.3, -0.25) is 4.79 Å². The van der Waals surface area contributed by atoms with Crippen molar-refractivity contribution in [3.8, 4) is 0 Å². The number of carbonyl (C=O) groups is 1. The van der Waals surface area contributed by atoms with Crippen molar-refractivity contribution in [3.05, 3.63) is 17.5 Å². The first-order valence-electron chi connectivity index (χ1n) is 5.94. The molecular weight excluding hydrogens is 204 g/mol. The molecule has 4 heteroatoms. The van der Waals surface area contributed by atoms with E-state index in [-0.39, 0.29) is 11.8 Å². The van der Waals surface area contributed by atoms with Crippen LogP contribution >= 0.6 is 0 Å². The van der Waals surface area contributed by atoms with Gasteiger partial charge in [0, 0.05) is 18.0 Å². The summed E-state index contributed by atoms with van der Waals surface area (Å²) >= 11 is 0. The van der Waals surface area contributed by atoms with Gasteiger partial charge in [0.05, 0.1) is 0 Å². The molecule has 1 saturated carbocycles. The van der Waals surface area contributed by atoms with Gasteiger partial charge in [-0.1, -0.05) is 31.8 Å². The van der Waals surface area contributed by atoms with E-state index in [0.717, 1.165) is 18.6 Å². The molecule has 0 unspecified atom stereocenters. The van der Waals surface area contributed by atoms with Crippen molar-refractivity contribution in [3.63, 3.8) is 0 Å². The molecule has 1 heterocycles. The molecule has 1 amide bonds. The number of hydrogen-bond acceptors (Lipinski definition) is 3. The first-order valence-corrected chi connectivity index (χ1v) is 5.94. The molecule has 1 aromatic heterocycles. The van der Waals surface area contributed by atoms with Gasteiger partial charge in [0.25, 0.3) is 5.91 Å². The molecule has 0 radical (unpaired) electrons. The molecule has 0 bridgehead atoms. The Hall–Kier alpha value is -1.32. The second kappa shape index (κ2) is 4.68. The highest BCUT2D eigenvalue weighted by Crippen LogP contribution is 2.19. The first-order chi connectivity index (χ1) is 7.66. The average molecular weight is 222 g/mol. The van der Waals surface area contributed by atoms with E-state index in [1.54, 1.807) is 6.07 Å². The largest absolute Gasteiger partial charge is 0.360 e. The standard InChI is InChI=1S/C12H18N2O2/c1-8(2)11-7-10(14-16-11)12(15)13-9-5-3-4-6-9/h7-9H,3-6H2,1-2H3,(H,13,15). The second-order valence-corrected chi connectivity index (χ2v) is 4.72. The average Bonchev–Trinajstić information content (AvgIpc) is 2.86. The van der Waals surface area contributed by atoms with E-state index in [0.29, 0.717) is 11.7 Å². The summed E-state index contributed by atoms with van der Waals surface area (Å²) < 4.78 is 5.10. The summed E-state index contributed by atoms with van der Waals surface area (Å²) in [6.07, 6.45) is 4.59. The van der Waals surface area contributed by atoms with Crippen LogP contribution in [0, 0.1) is 0 Å². The SMILES string of the molecule is CC(C)c1cc(C(=O)NC2CCCC2)no1. The molecule has 2 rings (SSSR count). The van der Waals surface area contributed by atoms with Crippen molar-refractivity contribution in [2.45, 2.75) is 51.5 Å². The summed E-state index contributed by atoms with van der Waals surface area (Å²) in [6, 6.07) is 2.06. The van der Waals surface area contributed by atoms with Gasteiger partial charge in [-0.2, -0.15) is 0 Å². The third-order valence-corrected chi connectivity index (χ3v) is 3.02. The monoisotopic (exact) mass is 222 g/mol. The highest BCUT2D eigenvalue weighted by atomic mass is 16.5. The van der Waals surface area contributed by atoms with Crippen molar-refractivity contribution in [1.82, 2.24) is 10.5 Å². The van der Waals surface area contributed by atoms with Crippen LogP contribution in [0.1, 0.15) is 61.7 Å². The lowest BCUT2D eigenvalue weighted by atomic mass is 10.1. The minimum atomic E-state index is -0.109. The Morgan fingerprint density at radius 3 is 2.75 bits per heavy atom. The molecule has 0 aromatic carbocycles. The minimum absolute atomic E-state index is 0.109. The lowest BCUT2D eigenvalue weighted by Crippen LogP contribution is -2.32. The third-order valence-electron chi connectivity index (χ3n) is 3.02. The molecule has 16 heavy (non-hydrogen) atoms. The molecule has 88 valence electrons. The fourth-order valence-electron chi connectivity index (χ4n) is 2.00. The van der Waals surface area contributed by atoms with Gasteiger partial charge in [-0.15, -0.1) is 0 Å². The van der Waals surface area contributed by atoms with Crippen LogP contribution in [-0.4, -0.2) is 17.1 Å². The zero-order chi connectivity index (χ0) is 11.5. The van der Waals surface area contributed by atoms with E-state index in [2.05, 4.69) is 10.5 Å². The minimum Gasteiger partial charge on any atom is -0.360 e. The molecule has 1 fully saturated rings. The molecule has 1 N–H and O–H groups in total. The molecule has 1 aliphatic rings. The predicted octanol–water partition coefficient (Wildman–Crippen LogP) is 2.47. The van der Waals surface area contributed by atoms with Gasteiger partial charge in [-0.25, -0.2) is 0 Å². The maximum atomic E-state index is 11.8. The fraction of sp³-hybridized carbons (Fsp3) is 0.667. The van der Waals surface area contributed by atoms with Gasteiger partial charge in [0.1, 0.15) is 5.76 Å². The van der Waals surface area contributed by atoms with Crippen molar-refractivity contribution < 1.29 is 9.32 Å². The predicted molar refractivity (Wildman–Crippen MR) is 60.3 cm³/mol. The molecule has 0 spiro atoms. The zero-order valence-electron chi connectivity index (χ0n) is 9.82. The van der Waals surface area contributed by atoms with E-state index >= 15 is 0 Å². The lowest BCUT2D eigenvalue weighted by molar-refractivity contribution is 0.0928. The van der Waals surface area contributed by atoms with Crippen LogP contribution in [0.4, 0.5) is 0 Å². The maximum absolute atomic E-state index is 11.8. The number of nitrogens with zero attached hydrogens (tertiary/aromatic N) is 1. The second-order valence-electron chi connectivity index (χ2n) is 4.72. The van der Waals surface area contributed by atoms with Crippen LogP contribution < -0.4 is 5.32 Å². The van der Waals surface area contributed by atoms with E-state index in [1.165, 1.54) is 12.8 Å². The van der Waals surface area contributed by atoms with Gasteiger partial charge >= 0.3 is 0 Å². The summed E-state index contributed by atoms with van der Waals surface area (Å²) in [5.41, 5.74) is 0.399. The van der Waals surface area contributed by atoms with Gasteiger partial charge in [-0.05, 0) is 12.8 Å². The van der Waals surface area contributed by atoms with Crippen LogP contribution in [0.5, 0.6) is 0 Å². The first kappa shape index (κ1) is 11.2. The number of amides is 1. The summed E-state index contributed by atoms with van der Waals surface area (Å²) in [7, 11) is 0. The molecular formula is C12H18N2O2. The van der Waals surface area contributed by atoms with E-state index in [9.17, 15) is 4.79 Å².